The van der Waals surface area contributed by atoms with E-state index in [1.54, 1.807) is 31.1 Å². The number of carboxylic acid groups (broad SMARTS) is 1. The van der Waals surface area contributed by atoms with Crippen LogP contribution in [0.25, 0.3) is 0 Å². The lowest BCUT2D eigenvalue weighted by Gasteiger charge is -2.38. The lowest BCUT2D eigenvalue weighted by Crippen LogP contribution is -2.58. The summed E-state index contributed by atoms with van der Waals surface area (Å²) in [6.07, 6.45) is 0.698. The number of nitrogens with zero attached hydrogens (tertiary/aromatic N) is 2. The van der Waals surface area contributed by atoms with E-state index in [4.69, 9.17) is 14.6 Å². The number of carbonyl (C=O) groups excluding carboxylic acids is 2. The molecular weight excluding hydrogens is 331 g/mol. The van der Waals surface area contributed by atoms with E-state index >= 15 is 0 Å². The maximum atomic E-state index is 13.2. The smallest absolute Gasteiger partial charge is 0.290 e. The van der Waals surface area contributed by atoms with Gasteiger partial charge in [-0.3, -0.25) is 14.4 Å². The van der Waals surface area contributed by atoms with Crippen LogP contribution in [0.2, 0.25) is 0 Å². The lowest BCUT2D eigenvalue weighted by atomic mass is 10.1. The topological polar surface area (TPSA) is 87.2 Å². The van der Waals surface area contributed by atoms with E-state index in [-0.39, 0.29) is 37.2 Å². The van der Waals surface area contributed by atoms with E-state index in [2.05, 4.69) is 0 Å². The zero-order valence-electron chi connectivity index (χ0n) is 14.4. The highest BCUT2D eigenvalue weighted by atomic mass is 19.1. The molecule has 1 heterocycles. The summed E-state index contributed by atoms with van der Waals surface area (Å²) in [6.45, 7) is 2.82. The molecule has 25 heavy (non-hydrogen) atoms. The van der Waals surface area contributed by atoms with E-state index < -0.39 is 6.04 Å². The Hall–Kier alpha value is -2.48. The van der Waals surface area contributed by atoms with Gasteiger partial charge in [0.25, 0.3) is 6.47 Å². The van der Waals surface area contributed by atoms with Crippen molar-refractivity contribution in [2.24, 2.45) is 0 Å². The number of halogens is 1. The second kappa shape index (κ2) is 10.4. The second-order valence-electron chi connectivity index (χ2n) is 5.54. The number of methoxy groups -OCH3 is 1. The fraction of sp³-hybridized carbons (Fsp3) is 0.471. The monoisotopic (exact) mass is 354 g/mol. The Morgan fingerprint density at radius 2 is 2.08 bits per heavy atom. The molecule has 0 aliphatic carbocycles. The highest BCUT2D eigenvalue weighted by Gasteiger charge is 2.35. The number of ether oxygens (including phenoxy) is 1. The number of amides is 2. The summed E-state index contributed by atoms with van der Waals surface area (Å²) in [5.74, 6) is -0.539. The third-order valence-corrected chi connectivity index (χ3v) is 3.79. The third-order valence-electron chi connectivity index (χ3n) is 3.79. The van der Waals surface area contributed by atoms with Crippen molar-refractivity contribution in [1.82, 2.24) is 9.80 Å². The molecule has 0 spiro atoms. The Labute approximate surface area is 146 Å². The molecule has 1 saturated heterocycles. The first kappa shape index (κ1) is 20.6. The number of hydrogen-bond acceptors (Lipinski definition) is 4. The normalized spacial score (nSPS) is 17.2. The van der Waals surface area contributed by atoms with Gasteiger partial charge in [0.2, 0.25) is 11.8 Å². The summed E-state index contributed by atoms with van der Waals surface area (Å²) >= 11 is 0. The molecule has 0 radical (unpaired) electrons. The fourth-order valence-corrected chi connectivity index (χ4v) is 2.63. The van der Waals surface area contributed by atoms with Crippen molar-refractivity contribution in [2.45, 2.75) is 25.9 Å². The van der Waals surface area contributed by atoms with Gasteiger partial charge in [-0.25, -0.2) is 4.39 Å². The minimum atomic E-state index is -0.494. The largest absolute Gasteiger partial charge is 0.483 e. The SMILES string of the molecule is COCCCN1C(=O)CN(Cc2cccc(F)c2)C(=O)[C@@H]1C.O=CO. The summed E-state index contributed by atoms with van der Waals surface area (Å²) in [6, 6.07) is 5.59. The highest BCUT2D eigenvalue weighted by molar-refractivity contribution is 5.94. The molecule has 0 bridgehead atoms. The van der Waals surface area contributed by atoms with Crippen LogP contribution in [0.4, 0.5) is 4.39 Å². The van der Waals surface area contributed by atoms with E-state index in [1.165, 1.54) is 17.0 Å². The standard InChI is InChI=1S/C16H21FN2O3.CH2O2/c1-12-16(21)18(10-13-5-3-6-14(17)9-13)11-15(20)19(12)7-4-8-22-2;2-1-3/h3,5-6,9,12H,4,7-8,10-11H2,1-2H3;1H,(H,2,3)/t12-;/m0./s1. The number of carbonyl (C=O) groups is 3. The first-order chi connectivity index (χ1) is 11.9. The van der Waals surface area contributed by atoms with Gasteiger partial charge < -0.3 is 19.6 Å². The van der Waals surface area contributed by atoms with Crippen molar-refractivity contribution in [3.63, 3.8) is 0 Å². The van der Waals surface area contributed by atoms with Crippen molar-refractivity contribution in [1.29, 1.82) is 0 Å². The fourth-order valence-electron chi connectivity index (χ4n) is 2.63. The molecule has 138 valence electrons. The Balaban J connectivity index is 0.000000970. The van der Waals surface area contributed by atoms with Gasteiger partial charge in [0.15, 0.2) is 0 Å². The van der Waals surface area contributed by atoms with E-state index in [0.717, 1.165) is 0 Å². The molecule has 2 rings (SSSR count). The Kier molecular flexibility index (Phi) is 8.55. The van der Waals surface area contributed by atoms with Gasteiger partial charge in [-0.2, -0.15) is 0 Å². The zero-order chi connectivity index (χ0) is 18.8. The van der Waals surface area contributed by atoms with Crippen molar-refractivity contribution in [3.8, 4) is 0 Å². The van der Waals surface area contributed by atoms with Crippen molar-refractivity contribution < 1.29 is 28.6 Å². The van der Waals surface area contributed by atoms with Crippen LogP contribution in [-0.2, 0) is 25.7 Å². The molecule has 0 aromatic heterocycles. The molecule has 1 atom stereocenters. The quantitative estimate of drug-likeness (QED) is 0.611. The Bertz CT molecular complexity index is 596. The van der Waals surface area contributed by atoms with Crippen LogP contribution in [0.1, 0.15) is 18.9 Å². The first-order valence-corrected chi connectivity index (χ1v) is 7.84. The summed E-state index contributed by atoms with van der Waals surface area (Å²) in [7, 11) is 1.60. The van der Waals surface area contributed by atoms with Crippen LogP contribution in [0.5, 0.6) is 0 Å². The molecule has 1 aliphatic rings. The predicted octanol–water partition coefficient (Wildman–Crippen LogP) is 1.12. The Morgan fingerprint density at radius 1 is 1.40 bits per heavy atom. The van der Waals surface area contributed by atoms with Gasteiger partial charge >= 0.3 is 0 Å². The van der Waals surface area contributed by atoms with Gasteiger partial charge in [0, 0.05) is 26.8 Å². The average Bonchev–Trinajstić information content (AvgIpc) is 2.56. The van der Waals surface area contributed by atoms with E-state index in [9.17, 15) is 14.0 Å². The molecule has 0 unspecified atom stereocenters. The lowest BCUT2D eigenvalue weighted by molar-refractivity contribution is -0.155. The minimum Gasteiger partial charge on any atom is -0.483 e. The zero-order valence-corrected chi connectivity index (χ0v) is 14.4. The molecule has 1 aliphatic heterocycles. The van der Waals surface area contributed by atoms with Crippen LogP contribution < -0.4 is 0 Å². The molecule has 1 fully saturated rings. The molecular formula is C17H23FN2O5. The number of piperazine rings is 1. The van der Waals surface area contributed by atoms with Gasteiger partial charge in [-0.1, -0.05) is 12.1 Å². The van der Waals surface area contributed by atoms with Gasteiger partial charge in [-0.05, 0) is 31.0 Å². The molecule has 1 N–H and O–H groups in total. The molecule has 8 heteroatoms. The van der Waals surface area contributed by atoms with E-state index in [0.29, 0.717) is 25.1 Å². The molecule has 1 aromatic carbocycles. The summed E-state index contributed by atoms with van der Waals surface area (Å²) in [5, 5.41) is 6.89. The molecule has 0 saturated carbocycles. The van der Waals surface area contributed by atoms with Crippen LogP contribution in [0.3, 0.4) is 0 Å². The highest BCUT2D eigenvalue weighted by Crippen LogP contribution is 2.16. The average molecular weight is 354 g/mol. The molecule has 1 aromatic rings. The third kappa shape index (κ3) is 6.15. The maximum Gasteiger partial charge on any atom is 0.290 e. The van der Waals surface area contributed by atoms with Crippen molar-refractivity contribution in [2.75, 3.05) is 26.8 Å². The van der Waals surface area contributed by atoms with Gasteiger partial charge in [-0.15, -0.1) is 0 Å². The van der Waals surface area contributed by atoms with Crippen LogP contribution in [0, 0.1) is 5.82 Å². The number of benzene rings is 1. The number of rotatable bonds is 6. The van der Waals surface area contributed by atoms with Crippen LogP contribution >= 0.6 is 0 Å². The first-order valence-electron chi connectivity index (χ1n) is 7.84. The predicted molar refractivity (Wildman–Crippen MR) is 88.2 cm³/mol. The van der Waals surface area contributed by atoms with Gasteiger partial charge in [0.05, 0.1) is 0 Å². The summed E-state index contributed by atoms with van der Waals surface area (Å²) in [4.78, 5) is 36.1. The van der Waals surface area contributed by atoms with Crippen LogP contribution in [-0.4, -0.2) is 66.0 Å². The molecule has 7 nitrogen and oxygen atoms in total. The number of hydrogen-bond donors (Lipinski definition) is 1. The van der Waals surface area contributed by atoms with Crippen molar-refractivity contribution in [3.05, 3.63) is 35.6 Å². The minimum absolute atomic E-state index is 0.0344. The summed E-state index contributed by atoms with van der Waals surface area (Å²) < 4.78 is 18.2. The van der Waals surface area contributed by atoms with Crippen LogP contribution in [0.15, 0.2) is 24.3 Å². The second-order valence-corrected chi connectivity index (χ2v) is 5.54. The van der Waals surface area contributed by atoms with Crippen molar-refractivity contribution >= 4 is 18.3 Å². The van der Waals surface area contributed by atoms with Gasteiger partial charge in [0.1, 0.15) is 18.4 Å². The van der Waals surface area contributed by atoms with E-state index in [1.807, 2.05) is 0 Å². The Morgan fingerprint density at radius 3 is 2.68 bits per heavy atom. The maximum absolute atomic E-state index is 13.2. The molecule has 2 amide bonds. The summed E-state index contributed by atoms with van der Waals surface area (Å²) in [5.41, 5.74) is 0.682.